The van der Waals surface area contributed by atoms with Crippen molar-refractivity contribution in [3.8, 4) is 0 Å². The van der Waals surface area contributed by atoms with Gasteiger partial charge in [-0.3, -0.25) is 14.3 Å². The van der Waals surface area contributed by atoms with Crippen LogP contribution in [-0.2, 0) is 6.54 Å². The largest absolute Gasteiger partial charge is 0.389 e. The highest BCUT2D eigenvalue weighted by Gasteiger charge is 2.12. The number of aromatic amines is 1. The molecule has 0 unspecified atom stereocenters. The highest BCUT2D eigenvalue weighted by atomic mass is 32.1. The van der Waals surface area contributed by atoms with Gasteiger partial charge in [0.1, 0.15) is 10.8 Å². The Morgan fingerprint density at radius 2 is 2.05 bits per heavy atom. The van der Waals surface area contributed by atoms with Gasteiger partial charge < -0.3 is 5.73 Å². The number of nitrogens with two attached hydrogens (primary N) is 1. The Bertz CT molecular complexity index is 798. The fourth-order valence-electron chi connectivity index (χ4n) is 1.68. The molecule has 3 N–H and O–H groups in total. The molecule has 1 aromatic heterocycles. The summed E-state index contributed by atoms with van der Waals surface area (Å²) in [7, 11) is 0. The summed E-state index contributed by atoms with van der Waals surface area (Å²) >= 11 is 4.70. The van der Waals surface area contributed by atoms with Crippen LogP contribution in [0.5, 0.6) is 0 Å². The lowest BCUT2D eigenvalue weighted by Crippen LogP contribution is -2.31. The van der Waals surface area contributed by atoms with E-state index in [1.807, 2.05) is 0 Å². The standard InChI is InChI=1S/C12H9F2N3O2S/c13-8-5-17(12(19)16-11(8)18)4-6-2-1-3-7(9(6)14)10(15)20/h1-3,5H,4H2,(H2,15,20)(H,16,18,19). The van der Waals surface area contributed by atoms with Gasteiger partial charge in [-0.2, -0.15) is 4.39 Å². The highest BCUT2D eigenvalue weighted by Crippen LogP contribution is 2.13. The maximum absolute atomic E-state index is 14.1. The van der Waals surface area contributed by atoms with Crippen LogP contribution < -0.4 is 17.0 Å². The van der Waals surface area contributed by atoms with Crippen molar-refractivity contribution in [1.82, 2.24) is 9.55 Å². The number of rotatable bonds is 3. The molecule has 0 aliphatic carbocycles. The van der Waals surface area contributed by atoms with Crippen LogP contribution in [0.1, 0.15) is 11.1 Å². The first-order chi connectivity index (χ1) is 9.40. The first kappa shape index (κ1) is 14.1. The Kier molecular flexibility index (Phi) is 3.75. The van der Waals surface area contributed by atoms with Gasteiger partial charge in [-0.05, 0) is 6.07 Å². The van der Waals surface area contributed by atoms with Crippen molar-refractivity contribution in [2.24, 2.45) is 5.73 Å². The molecule has 104 valence electrons. The summed E-state index contributed by atoms with van der Waals surface area (Å²) < 4.78 is 28.0. The molecule has 0 spiro atoms. The lowest BCUT2D eigenvalue weighted by molar-refractivity contribution is 0.553. The van der Waals surface area contributed by atoms with Gasteiger partial charge in [-0.1, -0.05) is 24.4 Å². The van der Waals surface area contributed by atoms with Gasteiger partial charge in [0.15, 0.2) is 0 Å². The van der Waals surface area contributed by atoms with E-state index in [0.717, 1.165) is 4.57 Å². The van der Waals surface area contributed by atoms with E-state index in [0.29, 0.717) is 6.20 Å². The molecule has 8 heteroatoms. The van der Waals surface area contributed by atoms with Crippen molar-refractivity contribution >= 4 is 17.2 Å². The Hall–Kier alpha value is -2.35. The van der Waals surface area contributed by atoms with Crippen LogP contribution in [0, 0.1) is 11.6 Å². The summed E-state index contributed by atoms with van der Waals surface area (Å²) in [5, 5.41) is 0. The van der Waals surface area contributed by atoms with Gasteiger partial charge >= 0.3 is 5.69 Å². The quantitative estimate of drug-likeness (QED) is 0.808. The lowest BCUT2D eigenvalue weighted by atomic mass is 10.1. The van der Waals surface area contributed by atoms with E-state index in [2.05, 4.69) is 0 Å². The maximum atomic E-state index is 14.1. The Balaban J connectivity index is 2.48. The summed E-state index contributed by atoms with van der Waals surface area (Å²) in [4.78, 5) is 24.1. The van der Waals surface area contributed by atoms with Gasteiger partial charge in [0.2, 0.25) is 5.82 Å². The first-order valence-corrected chi connectivity index (χ1v) is 5.87. The average molecular weight is 297 g/mol. The van der Waals surface area contributed by atoms with Gasteiger partial charge in [0.05, 0.1) is 12.7 Å². The third-order valence-electron chi connectivity index (χ3n) is 2.65. The average Bonchev–Trinajstić information content (AvgIpc) is 2.37. The van der Waals surface area contributed by atoms with Crippen molar-refractivity contribution in [1.29, 1.82) is 0 Å². The molecule has 0 aliphatic rings. The van der Waals surface area contributed by atoms with Crippen LogP contribution in [0.25, 0.3) is 0 Å². The van der Waals surface area contributed by atoms with Gasteiger partial charge in [-0.15, -0.1) is 0 Å². The molecule has 0 radical (unpaired) electrons. The van der Waals surface area contributed by atoms with Crippen molar-refractivity contribution in [3.63, 3.8) is 0 Å². The van der Waals surface area contributed by atoms with Crippen LogP contribution in [-0.4, -0.2) is 14.5 Å². The van der Waals surface area contributed by atoms with Crippen LogP contribution in [0.3, 0.4) is 0 Å². The van der Waals surface area contributed by atoms with Crippen molar-refractivity contribution in [2.75, 3.05) is 0 Å². The molecule has 1 aromatic carbocycles. The van der Waals surface area contributed by atoms with Crippen LogP contribution >= 0.6 is 12.2 Å². The second-order valence-corrected chi connectivity index (χ2v) is 4.45. The zero-order valence-electron chi connectivity index (χ0n) is 10.0. The molecule has 2 rings (SSSR count). The topological polar surface area (TPSA) is 80.9 Å². The van der Waals surface area contributed by atoms with E-state index >= 15 is 0 Å². The number of nitrogens with zero attached hydrogens (tertiary/aromatic N) is 1. The maximum Gasteiger partial charge on any atom is 0.328 e. The van der Waals surface area contributed by atoms with Crippen molar-refractivity contribution < 1.29 is 8.78 Å². The molecule has 0 atom stereocenters. The second kappa shape index (κ2) is 5.33. The third kappa shape index (κ3) is 2.64. The third-order valence-corrected chi connectivity index (χ3v) is 2.87. The highest BCUT2D eigenvalue weighted by molar-refractivity contribution is 7.80. The molecule has 2 aromatic rings. The number of hydrogen-bond donors (Lipinski definition) is 2. The molecule has 0 fully saturated rings. The molecule has 20 heavy (non-hydrogen) atoms. The number of nitrogens with one attached hydrogen (secondary N) is 1. The van der Waals surface area contributed by atoms with E-state index in [9.17, 15) is 18.4 Å². The molecule has 0 amide bonds. The van der Waals surface area contributed by atoms with E-state index in [1.54, 1.807) is 4.98 Å². The second-order valence-electron chi connectivity index (χ2n) is 4.01. The van der Waals surface area contributed by atoms with Crippen LogP contribution in [0.15, 0.2) is 34.0 Å². The molecular formula is C12H9F2N3O2S. The molecule has 5 nitrogen and oxygen atoms in total. The molecule has 0 saturated heterocycles. The zero-order valence-corrected chi connectivity index (χ0v) is 10.8. The van der Waals surface area contributed by atoms with E-state index < -0.39 is 22.9 Å². The van der Waals surface area contributed by atoms with Gasteiger partial charge in [0, 0.05) is 11.1 Å². The minimum absolute atomic E-state index is 0.0374. The SMILES string of the molecule is NC(=S)c1cccc(Cn2cc(F)c(=O)[nH]c2=O)c1F. The number of hydrogen-bond acceptors (Lipinski definition) is 3. The Labute approximate surface area is 116 Å². The first-order valence-electron chi connectivity index (χ1n) is 5.46. The van der Waals surface area contributed by atoms with Crippen LogP contribution in [0.2, 0.25) is 0 Å². The monoisotopic (exact) mass is 297 g/mol. The summed E-state index contributed by atoms with van der Waals surface area (Å²) in [5.41, 5.74) is 3.55. The molecule has 0 bridgehead atoms. The van der Waals surface area contributed by atoms with Crippen molar-refractivity contribution in [2.45, 2.75) is 6.54 Å². The summed E-state index contributed by atoms with van der Waals surface area (Å²) in [6.45, 7) is -0.255. The predicted octanol–water partition coefficient (Wildman–Crippen LogP) is 0.497. The Morgan fingerprint density at radius 3 is 2.70 bits per heavy atom. The fraction of sp³-hybridized carbons (Fsp3) is 0.0833. The Morgan fingerprint density at radius 1 is 1.35 bits per heavy atom. The van der Waals surface area contributed by atoms with Crippen molar-refractivity contribution in [3.05, 3.63) is 68.0 Å². The summed E-state index contributed by atoms with van der Waals surface area (Å²) in [6, 6.07) is 4.32. The van der Waals surface area contributed by atoms with Crippen LogP contribution in [0.4, 0.5) is 8.78 Å². The molecule has 0 saturated carbocycles. The van der Waals surface area contributed by atoms with E-state index in [1.165, 1.54) is 18.2 Å². The number of thiocarbonyl (C=S) groups is 1. The minimum atomic E-state index is -1.13. The summed E-state index contributed by atoms with van der Waals surface area (Å²) in [5.74, 6) is -1.81. The number of aromatic nitrogens is 2. The number of benzene rings is 1. The minimum Gasteiger partial charge on any atom is -0.389 e. The smallest absolute Gasteiger partial charge is 0.328 e. The molecular weight excluding hydrogens is 288 g/mol. The number of H-pyrrole nitrogens is 1. The normalized spacial score (nSPS) is 10.5. The fourth-order valence-corrected chi connectivity index (χ4v) is 1.83. The van der Waals surface area contributed by atoms with Gasteiger partial charge in [-0.25, -0.2) is 9.18 Å². The summed E-state index contributed by atoms with van der Waals surface area (Å²) in [6.07, 6.45) is 0.716. The molecule has 1 heterocycles. The van der Waals surface area contributed by atoms with Gasteiger partial charge in [0.25, 0.3) is 5.56 Å². The van der Waals surface area contributed by atoms with E-state index in [-0.39, 0.29) is 22.7 Å². The van der Waals surface area contributed by atoms with E-state index in [4.69, 9.17) is 18.0 Å². The lowest BCUT2D eigenvalue weighted by Gasteiger charge is -2.09. The number of halogens is 2. The predicted molar refractivity (Wildman–Crippen MR) is 72.7 cm³/mol. The molecule has 0 aliphatic heterocycles. The zero-order chi connectivity index (χ0) is 14.9.